The monoisotopic (exact) mass is 375 g/mol. The van der Waals surface area contributed by atoms with Gasteiger partial charge in [0.25, 0.3) is 0 Å². The fourth-order valence-electron chi connectivity index (χ4n) is 3.19. The Morgan fingerprint density at radius 1 is 1.22 bits per heavy atom. The van der Waals surface area contributed by atoms with Crippen molar-refractivity contribution in [2.24, 2.45) is 4.99 Å². The summed E-state index contributed by atoms with van der Waals surface area (Å²) in [5.41, 5.74) is 2.20. The van der Waals surface area contributed by atoms with E-state index in [9.17, 15) is 5.11 Å². The molecule has 6 heteroatoms. The molecule has 1 aliphatic rings. The molecule has 1 aromatic carbocycles. The minimum atomic E-state index is -0.772. The Balaban J connectivity index is 1.95. The minimum Gasteiger partial charge on any atom is -0.497 e. The first kappa shape index (κ1) is 21.1. The van der Waals surface area contributed by atoms with Gasteiger partial charge in [0.2, 0.25) is 0 Å². The molecule has 27 heavy (non-hydrogen) atoms. The number of hydrogen-bond acceptors (Lipinski definition) is 4. The number of aliphatic hydroxyl groups excluding tert-OH is 1. The summed E-state index contributed by atoms with van der Waals surface area (Å²) in [5.74, 6) is 2.02. The number of nitrogens with zero attached hydrogens (tertiary/aromatic N) is 1. The lowest BCUT2D eigenvalue weighted by atomic mass is 9.97. The SMILES string of the molecule is CCNC(=NCC(O)c1cc(OC)ccc1OC)NCCC1=CCCCC1. The van der Waals surface area contributed by atoms with E-state index in [1.807, 2.05) is 13.0 Å². The van der Waals surface area contributed by atoms with Gasteiger partial charge in [-0.25, -0.2) is 0 Å². The quantitative estimate of drug-likeness (QED) is 0.351. The van der Waals surface area contributed by atoms with E-state index in [-0.39, 0.29) is 6.54 Å². The Morgan fingerprint density at radius 3 is 2.74 bits per heavy atom. The molecule has 1 aromatic rings. The van der Waals surface area contributed by atoms with Gasteiger partial charge in [0.15, 0.2) is 5.96 Å². The zero-order valence-electron chi connectivity index (χ0n) is 16.8. The summed E-state index contributed by atoms with van der Waals surface area (Å²) in [6, 6.07) is 5.39. The highest BCUT2D eigenvalue weighted by molar-refractivity contribution is 5.79. The van der Waals surface area contributed by atoms with E-state index in [2.05, 4.69) is 21.7 Å². The minimum absolute atomic E-state index is 0.238. The van der Waals surface area contributed by atoms with Crippen LogP contribution in [0.25, 0.3) is 0 Å². The molecule has 0 aliphatic heterocycles. The first-order valence-corrected chi connectivity index (χ1v) is 9.78. The number of rotatable bonds is 9. The molecule has 0 saturated heterocycles. The summed E-state index contributed by atoms with van der Waals surface area (Å²) in [6.45, 7) is 3.88. The molecule has 1 unspecified atom stereocenters. The molecule has 0 amide bonds. The molecule has 0 spiro atoms. The van der Waals surface area contributed by atoms with Crippen molar-refractivity contribution in [2.45, 2.75) is 45.1 Å². The van der Waals surface area contributed by atoms with Gasteiger partial charge < -0.3 is 25.2 Å². The van der Waals surface area contributed by atoms with Gasteiger partial charge in [-0.1, -0.05) is 11.6 Å². The van der Waals surface area contributed by atoms with Crippen LogP contribution in [-0.2, 0) is 0 Å². The predicted octanol–water partition coefficient (Wildman–Crippen LogP) is 3.18. The van der Waals surface area contributed by atoms with Gasteiger partial charge >= 0.3 is 0 Å². The van der Waals surface area contributed by atoms with E-state index < -0.39 is 6.10 Å². The fourth-order valence-corrected chi connectivity index (χ4v) is 3.19. The van der Waals surface area contributed by atoms with Crippen molar-refractivity contribution >= 4 is 5.96 Å². The third-order valence-corrected chi connectivity index (χ3v) is 4.69. The number of guanidine groups is 1. The number of hydrogen-bond donors (Lipinski definition) is 3. The number of aliphatic imine (C=N–C) groups is 1. The first-order chi connectivity index (χ1) is 13.2. The normalized spacial score (nSPS) is 15.7. The molecule has 1 aliphatic carbocycles. The third-order valence-electron chi connectivity index (χ3n) is 4.69. The molecule has 0 heterocycles. The Bertz CT molecular complexity index is 644. The van der Waals surface area contributed by atoms with Crippen molar-refractivity contribution in [3.63, 3.8) is 0 Å². The van der Waals surface area contributed by atoms with Crippen LogP contribution in [-0.4, -0.2) is 44.9 Å². The van der Waals surface area contributed by atoms with Gasteiger partial charge in [0, 0.05) is 18.7 Å². The highest BCUT2D eigenvalue weighted by Crippen LogP contribution is 2.29. The topological polar surface area (TPSA) is 75.1 Å². The van der Waals surface area contributed by atoms with Gasteiger partial charge in [-0.3, -0.25) is 4.99 Å². The van der Waals surface area contributed by atoms with Crippen molar-refractivity contribution in [2.75, 3.05) is 33.9 Å². The second-order valence-corrected chi connectivity index (χ2v) is 6.63. The van der Waals surface area contributed by atoms with Crippen LogP contribution >= 0.6 is 0 Å². The molecule has 2 rings (SSSR count). The summed E-state index contributed by atoms with van der Waals surface area (Å²) in [7, 11) is 3.19. The number of benzene rings is 1. The van der Waals surface area contributed by atoms with Crippen LogP contribution < -0.4 is 20.1 Å². The van der Waals surface area contributed by atoms with E-state index in [1.54, 1.807) is 26.4 Å². The maximum absolute atomic E-state index is 10.6. The van der Waals surface area contributed by atoms with Crippen molar-refractivity contribution < 1.29 is 14.6 Å². The molecule has 3 N–H and O–H groups in total. The Kier molecular flexibility index (Phi) is 8.98. The van der Waals surface area contributed by atoms with Crippen LogP contribution in [0.4, 0.5) is 0 Å². The number of allylic oxidation sites excluding steroid dienone is 1. The Morgan fingerprint density at radius 2 is 2.07 bits per heavy atom. The second kappa shape index (κ2) is 11.5. The molecule has 6 nitrogen and oxygen atoms in total. The smallest absolute Gasteiger partial charge is 0.191 e. The molecular formula is C21H33N3O3. The van der Waals surface area contributed by atoms with Gasteiger partial charge in [-0.2, -0.15) is 0 Å². The molecular weight excluding hydrogens is 342 g/mol. The van der Waals surface area contributed by atoms with E-state index in [4.69, 9.17) is 9.47 Å². The van der Waals surface area contributed by atoms with E-state index in [0.29, 0.717) is 17.1 Å². The molecule has 1 atom stereocenters. The number of nitrogens with one attached hydrogen (secondary N) is 2. The van der Waals surface area contributed by atoms with Crippen LogP contribution in [0.15, 0.2) is 34.8 Å². The van der Waals surface area contributed by atoms with E-state index >= 15 is 0 Å². The average molecular weight is 376 g/mol. The van der Waals surface area contributed by atoms with Gasteiger partial charge in [0.1, 0.15) is 17.6 Å². The van der Waals surface area contributed by atoms with Crippen LogP contribution in [0.1, 0.15) is 50.7 Å². The van der Waals surface area contributed by atoms with Gasteiger partial charge in [-0.15, -0.1) is 0 Å². The van der Waals surface area contributed by atoms with Crippen LogP contribution in [0, 0.1) is 0 Å². The van der Waals surface area contributed by atoms with Crippen molar-refractivity contribution in [1.29, 1.82) is 0 Å². The standard InChI is InChI=1S/C21H33N3O3/c1-4-22-21(23-13-12-16-8-6-5-7-9-16)24-15-19(25)18-14-17(26-2)10-11-20(18)27-3/h8,10-11,14,19,25H,4-7,9,12-13,15H2,1-3H3,(H2,22,23,24). The predicted molar refractivity (Wildman–Crippen MR) is 110 cm³/mol. The second-order valence-electron chi connectivity index (χ2n) is 6.63. The van der Waals surface area contributed by atoms with Gasteiger partial charge in [0.05, 0.1) is 20.8 Å². The molecule has 0 bridgehead atoms. The molecule has 0 saturated carbocycles. The van der Waals surface area contributed by atoms with Gasteiger partial charge in [-0.05, 0) is 57.2 Å². The highest BCUT2D eigenvalue weighted by atomic mass is 16.5. The lowest BCUT2D eigenvalue weighted by Crippen LogP contribution is -2.38. The Labute approximate surface area is 162 Å². The molecule has 0 aromatic heterocycles. The van der Waals surface area contributed by atoms with Crippen LogP contribution in [0.2, 0.25) is 0 Å². The summed E-state index contributed by atoms with van der Waals surface area (Å²) in [4.78, 5) is 4.53. The fraction of sp³-hybridized carbons (Fsp3) is 0.571. The summed E-state index contributed by atoms with van der Waals surface area (Å²) < 4.78 is 10.6. The van der Waals surface area contributed by atoms with Crippen LogP contribution in [0.3, 0.4) is 0 Å². The zero-order chi connectivity index (χ0) is 19.5. The van der Waals surface area contributed by atoms with Crippen molar-refractivity contribution in [3.8, 4) is 11.5 Å². The zero-order valence-corrected chi connectivity index (χ0v) is 16.8. The van der Waals surface area contributed by atoms with E-state index in [0.717, 1.165) is 25.5 Å². The summed E-state index contributed by atoms with van der Waals surface area (Å²) in [6.07, 6.45) is 7.67. The van der Waals surface area contributed by atoms with Crippen LogP contribution in [0.5, 0.6) is 11.5 Å². The highest BCUT2D eigenvalue weighted by Gasteiger charge is 2.15. The number of aliphatic hydroxyl groups is 1. The molecule has 0 radical (unpaired) electrons. The molecule has 0 fully saturated rings. The maximum Gasteiger partial charge on any atom is 0.191 e. The average Bonchev–Trinajstić information content (AvgIpc) is 2.72. The summed E-state index contributed by atoms with van der Waals surface area (Å²) in [5, 5.41) is 17.2. The van der Waals surface area contributed by atoms with E-state index in [1.165, 1.54) is 31.3 Å². The largest absolute Gasteiger partial charge is 0.497 e. The number of ether oxygens (including phenoxy) is 2. The first-order valence-electron chi connectivity index (χ1n) is 9.78. The molecule has 150 valence electrons. The van der Waals surface area contributed by atoms with Crippen molar-refractivity contribution in [3.05, 3.63) is 35.4 Å². The van der Waals surface area contributed by atoms with Crippen molar-refractivity contribution in [1.82, 2.24) is 10.6 Å². The Hall–Kier alpha value is -2.21. The number of methoxy groups -OCH3 is 2. The lowest BCUT2D eigenvalue weighted by Gasteiger charge is -2.17. The third kappa shape index (κ3) is 6.79. The maximum atomic E-state index is 10.6. The lowest BCUT2D eigenvalue weighted by molar-refractivity contribution is 0.182. The summed E-state index contributed by atoms with van der Waals surface area (Å²) >= 11 is 0.